The molecule has 0 unspecified atom stereocenters. The Labute approximate surface area is 109 Å². The summed E-state index contributed by atoms with van der Waals surface area (Å²) in [6, 6.07) is 0. The number of alkyl halides is 1. The summed E-state index contributed by atoms with van der Waals surface area (Å²) in [7, 11) is 0. The van der Waals surface area contributed by atoms with E-state index in [-0.39, 0.29) is 0 Å². The zero-order valence-electron chi connectivity index (χ0n) is 10.7. The third-order valence-corrected chi connectivity index (χ3v) is 4.00. The van der Waals surface area contributed by atoms with E-state index in [1.54, 1.807) is 0 Å². The van der Waals surface area contributed by atoms with Crippen LogP contribution < -0.4 is 0 Å². The monoisotopic (exact) mass is 255 g/mol. The minimum atomic E-state index is 0.466. The van der Waals surface area contributed by atoms with E-state index in [2.05, 4.69) is 21.7 Å². The summed E-state index contributed by atoms with van der Waals surface area (Å²) in [6.07, 6.45) is 9.34. The van der Waals surface area contributed by atoms with Gasteiger partial charge in [0.1, 0.15) is 11.6 Å². The summed E-state index contributed by atoms with van der Waals surface area (Å²) in [6.45, 7) is 3.08. The summed E-state index contributed by atoms with van der Waals surface area (Å²) in [5.74, 6) is 3.16. The molecule has 0 amide bonds. The van der Waals surface area contributed by atoms with Crippen LogP contribution in [0.25, 0.3) is 0 Å². The van der Waals surface area contributed by atoms with Crippen molar-refractivity contribution in [3.63, 3.8) is 0 Å². The average molecular weight is 256 g/mol. The third kappa shape index (κ3) is 3.01. The quantitative estimate of drug-likeness (QED) is 0.768. The van der Waals surface area contributed by atoms with E-state index in [1.165, 1.54) is 50.8 Å². The van der Waals surface area contributed by atoms with Crippen LogP contribution in [-0.2, 0) is 12.4 Å². The molecule has 0 radical (unpaired) electrons. The lowest BCUT2D eigenvalue weighted by Gasteiger charge is -2.19. The molecule has 1 fully saturated rings. The Morgan fingerprint density at radius 3 is 2.35 bits per heavy atom. The fourth-order valence-electron chi connectivity index (χ4n) is 2.81. The molecule has 1 aliphatic rings. The standard InChI is InChI=1S/C13H22ClN3/c1-2-17-12(10-14)15-16-13(17)11-8-6-4-3-5-7-9-11/h11H,2-10H2,1H3. The Balaban J connectivity index is 2.15. The van der Waals surface area contributed by atoms with Gasteiger partial charge in [-0.05, 0) is 19.8 Å². The molecule has 0 atom stereocenters. The molecular formula is C13H22ClN3. The fraction of sp³-hybridized carbons (Fsp3) is 0.846. The number of rotatable bonds is 3. The lowest BCUT2D eigenvalue weighted by molar-refractivity contribution is 0.430. The zero-order valence-corrected chi connectivity index (χ0v) is 11.4. The largest absolute Gasteiger partial charge is 0.314 e. The second-order valence-electron chi connectivity index (χ2n) is 4.89. The van der Waals surface area contributed by atoms with Gasteiger partial charge in [-0.3, -0.25) is 0 Å². The smallest absolute Gasteiger partial charge is 0.147 e. The van der Waals surface area contributed by atoms with Gasteiger partial charge in [-0.2, -0.15) is 0 Å². The van der Waals surface area contributed by atoms with Gasteiger partial charge in [0, 0.05) is 12.5 Å². The van der Waals surface area contributed by atoms with Crippen LogP contribution in [0.1, 0.15) is 69.4 Å². The van der Waals surface area contributed by atoms with Crippen LogP contribution in [0.5, 0.6) is 0 Å². The molecule has 0 saturated heterocycles. The first-order chi connectivity index (χ1) is 8.36. The van der Waals surface area contributed by atoms with Crippen LogP contribution >= 0.6 is 11.6 Å². The summed E-state index contributed by atoms with van der Waals surface area (Å²) in [5.41, 5.74) is 0. The van der Waals surface area contributed by atoms with Gasteiger partial charge in [-0.15, -0.1) is 21.8 Å². The minimum Gasteiger partial charge on any atom is -0.314 e. The highest BCUT2D eigenvalue weighted by molar-refractivity contribution is 6.16. The highest BCUT2D eigenvalue weighted by Crippen LogP contribution is 2.30. The predicted molar refractivity (Wildman–Crippen MR) is 70.3 cm³/mol. The molecule has 1 aromatic rings. The molecule has 1 heterocycles. The molecule has 0 aliphatic heterocycles. The van der Waals surface area contributed by atoms with Crippen LogP contribution in [0.2, 0.25) is 0 Å². The Kier molecular flexibility index (Phi) is 4.84. The van der Waals surface area contributed by atoms with Crippen molar-refractivity contribution in [1.82, 2.24) is 14.8 Å². The molecule has 4 heteroatoms. The second-order valence-corrected chi connectivity index (χ2v) is 5.16. The number of aromatic nitrogens is 3. The number of nitrogens with zero attached hydrogens (tertiary/aromatic N) is 3. The van der Waals surface area contributed by atoms with Gasteiger partial charge in [-0.25, -0.2) is 0 Å². The Bertz CT molecular complexity index is 340. The Hall–Kier alpha value is -0.570. The maximum Gasteiger partial charge on any atom is 0.147 e. The van der Waals surface area contributed by atoms with Gasteiger partial charge in [-0.1, -0.05) is 32.1 Å². The van der Waals surface area contributed by atoms with Gasteiger partial charge >= 0.3 is 0 Å². The van der Waals surface area contributed by atoms with Crippen LogP contribution in [-0.4, -0.2) is 14.8 Å². The topological polar surface area (TPSA) is 30.7 Å². The highest BCUT2D eigenvalue weighted by Gasteiger charge is 2.20. The van der Waals surface area contributed by atoms with E-state index in [9.17, 15) is 0 Å². The average Bonchev–Trinajstić information content (AvgIpc) is 2.71. The van der Waals surface area contributed by atoms with E-state index in [4.69, 9.17) is 11.6 Å². The van der Waals surface area contributed by atoms with E-state index in [0.29, 0.717) is 11.8 Å². The maximum absolute atomic E-state index is 5.90. The lowest BCUT2D eigenvalue weighted by atomic mass is 9.90. The van der Waals surface area contributed by atoms with Crippen LogP contribution in [0.3, 0.4) is 0 Å². The van der Waals surface area contributed by atoms with Crippen molar-refractivity contribution < 1.29 is 0 Å². The van der Waals surface area contributed by atoms with Gasteiger partial charge in [0.25, 0.3) is 0 Å². The van der Waals surface area contributed by atoms with Gasteiger partial charge in [0.15, 0.2) is 0 Å². The third-order valence-electron chi connectivity index (χ3n) is 3.76. The normalized spacial score (nSPS) is 18.9. The molecule has 17 heavy (non-hydrogen) atoms. The van der Waals surface area contributed by atoms with E-state index in [1.807, 2.05) is 0 Å². The summed E-state index contributed by atoms with van der Waals surface area (Å²) < 4.78 is 2.21. The Morgan fingerprint density at radius 2 is 1.76 bits per heavy atom. The van der Waals surface area contributed by atoms with Crippen LogP contribution in [0, 0.1) is 0 Å². The number of hydrogen-bond acceptors (Lipinski definition) is 2. The number of hydrogen-bond donors (Lipinski definition) is 0. The van der Waals surface area contributed by atoms with Gasteiger partial charge < -0.3 is 4.57 Å². The van der Waals surface area contributed by atoms with Crippen LogP contribution in [0.4, 0.5) is 0 Å². The summed E-state index contributed by atoms with van der Waals surface area (Å²) in [5, 5.41) is 8.60. The van der Waals surface area contributed by atoms with Crippen molar-refractivity contribution in [3.05, 3.63) is 11.6 Å². The second kappa shape index (κ2) is 6.39. The van der Waals surface area contributed by atoms with Crippen molar-refractivity contribution in [2.45, 2.75) is 70.2 Å². The molecule has 1 saturated carbocycles. The number of halogens is 1. The molecule has 3 nitrogen and oxygen atoms in total. The lowest BCUT2D eigenvalue weighted by Crippen LogP contribution is -2.11. The zero-order chi connectivity index (χ0) is 12.1. The van der Waals surface area contributed by atoms with Crippen molar-refractivity contribution in [2.75, 3.05) is 0 Å². The minimum absolute atomic E-state index is 0.466. The molecule has 1 aromatic heterocycles. The van der Waals surface area contributed by atoms with E-state index < -0.39 is 0 Å². The molecule has 0 bridgehead atoms. The molecule has 96 valence electrons. The Morgan fingerprint density at radius 1 is 1.12 bits per heavy atom. The van der Waals surface area contributed by atoms with Gasteiger partial charge in [0.05, 0.1) is 5.88 Å². The fourth-order valence-corrected chi connectivity index (χ4v) is 3.01. The van der Waals surface area contributed by atoms with Crippen molar-refractivity contribution in [1.29, 1.82) is 0 Å². The molecule has 2 rings (SSSR count). The maximum atomic E-state index is 5.90. The molecule has 1 aliphatic carbocycles. The van der Waals surface area contributed by atoms with Crippen molar-refractivity contribution in [2.24, 2.45) is 0 Å². The SMILES string of the molecule is CCn1c(CCl)nnc1C1CCCCCCC1. The van der Waals surface area contributed by atoms with Crippen LogP contribution in [0.15, 0.2) is 0 Å². The predicted octanol–water partition coefficient (Wildman–Crippen LogP) is 3.86. The first kappa shape index (κ1) is 12.9. The van der Waals surface area contributed by atoms with E-state index in [0.717, 1.165) is 12.4 Å². The molecule has 0 aromatic carbocycles. The van der Waals surface area contributed by atoms with Crippen molar-refractivity contribution in [3.8, 4) is 0 Å². The summed E-state index contributed by atoms with van der Waals surface area (Å²) >= 11 is 5.90. The molecular weight excluding hydrogens is 234 g/mol. The summed E-state index contributed by atoms with van der Waals surface area (Å²) in [4.78, 5) is 0. The van der Waals surface area contributed by atoms with Crippen molar-refractivity contribution >= 4 is 11.6 Å². The first-order valence-corrected chi connectivity index (χ1v) is 7.38. The molecule has 0 spiro atoms. The van der Waals surface area contributed by atoms with Gasteiger partial charge in [0.2, 0.25) is 0 Å². The first-order valence-electron chi connectivity index (χ1n) is 6.84. The van der Waals surface area contributed by atoms with E-state index >= 15 is 0 Å². The molecule has 0 N–H and O–H groups in total. The highest BCUT2D eigenvalue weighted by atomic mass is 35.5.